The number of carbonyl (C=O) groups excluding carboxylic acids is 2. The molecule has 7 heteroatoms. The highest BCUT2D eigenvalue weighted by Gasteiger charge is 2.22. The van der Waals surface area contributed by atoms with E-state index < -0.39 is 15.7 Å². The summed E-state index contributed by atoms with van der Waals surface area (Å²) < 4.78 is 23.8. The zero-order chi connectivity index (χ0) is 20.4. The number of nitrogens with zero attached hydrogens (tertiary/aromatic N) is 1. The first-order valence-corrected chi connectivity index (χ1v) is 10.3. The Morgan fingerprint density at radius 1 is 1.04 bits per heavy atom. The summed E-state index contributed by atoms with van der Waals surface area (Å²) in [7, 11) is -2.08. The number of rotatable bonds is 5. The molecule has 0 spiro atoms. The van der Waals surface area contributed by atoms with Gasteiger partial charge in [0.25, 0.3) is 5.91 Å². The molecule has 6 nitrogen and oxygen atoms in total. The summed E-state index contributed by atoms with van der Waals surface area (Å²) >= 11 is 0. The van der Waals surface area contributed by atoms with Crippen LogP contribution in [-0.4, -0.2) is 45.0 Å². The van der Waals surface area contributed by atoms with Gasteiger partial charge in [-0.25, -0.2) is 8.42 Å². The Balaban J connectivity index is 2.17. The van der Waals surface area contributed by atoms with Gasteiger partial charge in [-0.15, -0.1) is 0 Å². The number of nitrogens with one attached hydrogen (secondary N) is 1. The Labute approximate surface area is 160 Å². The molecule has 0 aliphatic carbocycles. The minimum atomic E-state index is -3.55. The molecule has 27 heavy (non-hydrogen) atoms. The van der Waals surface area contributed by atoms with Crippen molar-refractivity contribution in [3.05, 3.63) is 58.7 Å². The maximum absolute atomic E-state index is 12.7. The Hall–Kier alpha value is -2.67. The number of carbonyl (C=O) groups is 2. The van der Waals surface area contributed by atoms with Crippen LogP contribution in [0, 0.1) is 20.8 Å². The number of hydrogen-bond acceptors (Lipinski definition) is 4. The highest BCUT2D eigenvalue weighted by atomic mass is 32.2. The number of likely N-dealkylation sites (N-methyl/N-ethyl adjacent to an activating group) is 1. The maximum Gasteiger partial charge on any atom is 0.255 e. The number of anilines is 1. The van der Waals surface area contributed by atoms with E-state index in [1.807, 2.05) is 32.9 Å². The third-order valence-corrected chi connectivity index (χ3v) is 5.34. The molecule has 0 unspecified atom stereocenters. The van der Waals surface area contributed by atoms with Gasteiger partial charge in [0.15, 0.2) is 9.84 Å². The average Bonchev–Trinajstić information content (AvgIpc) is 2.56. The van der Waals surface area contributed by atoms with Crippen LogP contribution in [0.4, 0.5) is 5.69 Å². The summed E-state index contributed by atoms with van der Waals surface area (Å²) in [5.41, 5.74) is 3.77. The van der Waals surface area contributed by atoms with Crippen LogP contribution in [0.5, 0.6) is 0 Å². The first-order valence-electron chi connectivity index (χ1n) is 8.43. The monoisotopic (exact) mass is 388 g/mol. The van der Waals surface area contributed by atoms with Crippen molar-refractivity contribution in [2.24, 2.45) is 0 Å². The van der Waals surface area contributed by atoms with Crippen molar-refractivity contribution in [2.75, 3.05) is 25.2 Å². The van der Waals surface area contributed by atoms with E-state index in [2.05, 4.69) is 5.32 Å². The number of hydrogen-bond donors (Lipinski definition) is 1. The fourth-order valence-electron chi connectivity index (χ4n) is 3.02. The third-order valence-electron chi connectivity index (χ3n) is 4.19. The average molecular weight is 388 g/mol. The lowest BCUT2D eigenvalue weighted by atomic mass is 10.1. The molecule has 0 aliphatic heterocycles. The van der Waals surface area contributed by atoms with Gasteiger partial charge in [-0.05, 0) is 44.0 Å². The van der Waals surface area contributed by atoms with Gasteiger partial charge in [0, 0.05) is 19.0 Å². The second-order valence-corrected chi connectivity index (χ2v) is 8.74. The summed E-state index contributed by atoms with van der Waals surface area (Å²) in [4.78, 5) is 26.2. The van der Waals surface area contributed by atoms with Gasteiger partial charge < -0.3 is 10.2 Å². The summed E-state index contributed by atoms with van der Waals surface area (Å²) in [6.07, 6.45) is 1.05. The molecule has 0 radical (unpaired) electrons. The number of aryl methyl sites for hydroxylation is 3. The lowest BCUT2D eigenvalue weighted by Gasteiger charge is -2.19. The van der Waals surface area contributed by atoms with E-state index in [4.69, 9.17) is 0 Å². The van der Waals surface area contributed by atoms with Gasteiger partial charge in [0.05, 0.1) is 17.0 Å². The van der Waals surface area contributed by atoms with E-state index in [0.717, 1.165) is 28.6 Å². The van der Waals surface area contributed by atoms with E-state index in [1.165, 1.54) is 24.1 Å². The minimum absolute atomic E-state index is 0.0486. The Morgan fingerprint density at radius 3 is 2.15 bits per heavy atom. The fraction of sp³-hybridized carbons (Fsp3) is 0.300. The van der Waals surface area contributed by atoms with E-state index in [9.17, 15) is 18.0 Å². The quantitative estimate of drug-likeness (QED) is 0.854. The molecule has 2 aromatic rings. The lowest BCUT2D eigenvalue weighted by molar-refractivity contribution is -0.116. The molecule has 1 N–H and O–H groups in total. The first-order chi connectivity index (χ1) is 12.5. The molecule has 0 aliphatic rings. The maximum atomic E-state index is 12.7. The molecule has 0 heterocycles. The molecular formula is C20H24N2O4S. The Bertz CT molecular complexity index is 974. The van der Waals surface area contributed by atoms with Crippen molar-refractivity contribution in [1.29, 1.82) is 0 Å². The van der Waals surface area contributed by atoms with Crippen LogP contribution >= 0.6 is 0 Å². The topological polar surface area (TPSA) is 83.6 Å². The van der Waals surface area contributed by atoms with E-state index >= 15 is 0 Å². The molecule has 0 saturated heterocycles. The van der Waals surface area contributed by atoms with E-state index in [0.29, 0.717) is 0 Å². The van der Waals surface area contributed by atoms with Crippen LogP contribution in [0.15, 0.2) is 41.3 Å². The van der Waals surface area contributed by atoms with Crippen molar-refractivity contribution in [3.8, 4) is 0 Å². The summed E-state index contributed by atoms with van der Waals surface area (Å²) in [5.74, 6) is -0.874. The van der Waals surface area contributed by atoms with Gasteiger partial charge in [0.1, 0.15) is 0 Å². The molecule has 2 amide bonds. The Morgan fingerprint density at radius 2 is 1.59 bits per heavy atom. The Kier molecular flexibility index (Phi) is 6.05. The van der Waals surface area contributed by atoms with Crippen LogP contribution in [0.25, 0.3) is 0 Å². The van der Waals surface area contributed by atoms with Crippen LogP contribution in [0.2, 0.25) is 0 Å². The van der Waals surface area contributed by atoms with Gasteiger partial charge in [0.2, 0.25) is 5.91 Å². The largest absolute Gasteiger partial charge is 0.332 e. The third kappa shape index (κ3) is 4.95. The normalized spacial score (nSPS) is 11.1. The van der Waals surface area contributed by atoms with E-state index in [1.54, 1.807) is 12.1 Å². The lowest BCUT2D eigenvalue weighted by Crippen LogP contribution is -2.35. The second-order valence-electron chi connectivity index (χ2n) is 6.75. The van der Waals surface area contributed by atoms with Gasteiger partial charge in [-0.1, -0.05) is 29.8 Å². The SMILES string of the molecule is Cc1cc(C)c(NC(=O)CN(C)C(=O)c2ccccc2S(C)(=O)=O)c(C)c1. The zero-order valence-corrected chi connectivity index (χ0v) is 17.0. The van der Waals surface area contributed by atoms with Crippen LogP contribution in [-0.2, 0) is 14.6 Å². The fourth-order valence-corrected chi connectivity index (χ4v) is 3.90. The van der Waals surface area contributed by atoms with Crippen molar-refractivity contribution in [1.82, 2.24) is 4.90 Å². The molecule has 0 atom stereocenters. The van der Waals surface area contributed by atoms with Crippen molar-refractivity contribution < 1.29 is 18.0 Å². The number of amides is 2. The minimum Gasteiger partial charge on any atom is -0.332 e. The van der Waals surface area contributed by atoms with Gasteiger partial charge >= 0.3 is 0 Å². The molecule has 144 valence electrons. The molecule has 0 aromatic heterocycles. The number of benzene rings is 2. The molecule has 2 aromatic carbocycles. The second kappa shape index (κ2) is 7.92. The number of sulfone groups is 1. The van der Waals surface area contributed by atoms with E-state index in [-0.39, 0.29) is 22.9 Å². The standard InChI is InChI=1S/C20H24N2O4S/c1-13-10-14(2)19(15(3)11-13)21-18(23)12-22(4)20(24)16-8-6-7-9-17(16)27(5,25)26/h6-11H,12H2,1-5H3,(H,21,23). The predicted octanol–water partition coefficient (Wildman–Crippen LogP) is 2.73. The van der Waals surface area contributed by atoms with Crippen LogP contribution in [0.1, 0.15) is 27.0 Å². The first kappa shape index (κ1) is 20.6. The van der Waals surface area contributed by atoms with Crippen molar-refractivity contribution in [3.63, 3.8) is 0 Å². The van der Waals surface area contributed by atoms with Crippen molar-refractivity contribution in [2.45, 2.75) is 25.7 Å². The molecule has 0 saturated carbocycles. The summed E-state index contributed by atoms with van der Waals surface area (Å²) in [6, 6.07) is 9.92. The molecule has 2 rings (SSSR count). The summed E-state index contributed by atoms with van der Waals surface area (Å²) in [5, 5.41) is 2.84. The molecule has 0 fully saturated rings. The predicted molar refractivity (Wildman–Crippen MR) is 106 cm³/mol. The highest BCUT2D eigenvalue weighted by molar-refractivity contribution is 7.90. The smallest absolute Gasteiger partial charge is 0.255 e. The highest BCUT2D eigenvalue weighted by Crippen LogP contribution is 2.22. The van der Waals surface area contributed by atoms with Gasteiger partial charge in [-0.3, -0.25) is 9.59 Å². The van der Waals surface area contributed by atoms with Crippen molar-refractivity contribution >= 4 is 27.3 Å². The molecular weight excluding hydrogens is 364 g/mol. The zero-order valence-electron chi connectivity index (χ0n) is 16.2. The molecule has 0 bridgehead atoms. The van der Waals surface area contributed by atoms with Gasteiger partial charge in [-0.2, -0.15) is 0 Å². The summed E-state index contributed by atoms with van der Waals surface area (Å²) in [6.45, 7) is 5.61. The van der Waals surface area contributed by atoms with Crippen LogP contribution < -0.4 is 5.32 Å². The van der Waals surface area contributed by atoms with Crippen LogP contribution in [0.3, 0.4) is 0 Å².